The van der Waals surface area contributed by atoms with Gasteiger partial charge in [0.05, 0.1) is 40.6 Å². The Bertz CT molecular complexity index is 1050. The van der Waals surface area contributed by atoms with E-state index in [1.54, 1.807) is 26.0 Å². The first-order chi connectivity index (χ1) is 16.2. The number of hydrogen-bond acceptors (Lipinski definition) is 9. The summed E-state index contributed by atoms with van der Waals surface area (Å²) in [7, 11) is 5.73. The molecule has 0 radical (unpaired) electrons. The predicted molar refractivity (Wildman–Crippen MR) is 123 cm³/mol. The van der Waals surface area contributed by atoms with E-state index in [9.17, 15) is 14.4 Å². The van der Waals surface area contributed by atoms with E-state index in [1.807, 2.05) is 6.92 Å². The van der Waals surface area contributed by atoms with Crippen LogP contribution < -0.4 is 19.5 Å². The number of benzene rings is 1. The molecular weight excluding hydrogens is 442 g/mol. The predicted octanol–water partition coefficient (Wildman–Crippen LogP) is 2.89. The molecule has 184 valence electrons. The van der Waals surface area contributed by atoms with Gasteiger partial charge in [0.25, 0.3) is 0 Å². The van der Waals surface area contributed by atoms with E-state index >= 15 is 0 Å². The summed E-state index contributed by atoms with van der Waals surface area (Å²) in [4.78, 5) is 39.4. The number of methoxy groups -OCH3 is 4. The number of carbonyl (C=O) groups excluding carboxylic acids is 3. The molecule has 3 atom stereocenters. The van der Waals surface area contributed by atoms with Crippen LogP contribution in [0.25, 0.3) is 0 Å². The minimum absolute atomic E-state index is 0.166. The second-order valence-electron chi connectivity index (χ2n) is 8.21. The van der Waals surface area contributed by atoms with Gasteiger partial charge in [0.15, 0.2) is 17.3 Å². The smallest absolute Gasteiger partial charge is 0.336 e. The molecule has 0 bridgehead atoms. The second-order valence-corrected chi connectivity index (χ2v) is 8.21. The summed E-state index contributed by atoms with van der Waals surface area (Å²) in [6.45, 7) is 5.48. The standard InChI is InChI=1S/C25H31NO8/c1-8-34-25(29)19-13(3)26-15-9-12(2)18(24(28)33-7)22(27)21(15)20(19)14-10-16(30-4)23(32-6)17(11-14)31-5/h10-12,18,20,26H,8-9H2,1-7H3/t12-,18+,20-/m0/s1. The van der Waals surface area contributed by atoms with Crippen LogP contribution in [0.15, 0.2) is 34.7 Å². The molecule has 1 aliphatic heterocycles. The lowest BCUT2D eigenvalue weighted by Crippen LogP contribution is -2.43. The summed E-state index contributed by atoms with van der Waals surface area (Å²) in [5.74, 6) is -2.47. The number of esters is 2. The van der Waals surface area contributed by atoms with E-state index < -0.39 is 23.8 Å². The van der Waals surface area contributed by atoms with Gasteiger partial charge in [0, 0.05) is 22.9 Å². The van der Waals surface area contributed by atoms with Crippen molar-refractivity contribution in [1.82, 2.24) is 5.32 Å². The molecule has 1 N–H and O–H groups in total. The Morgan fingerprint density at radius 2 is 1.68 bits per heavy atom. The molecule has 9 heteroatoms. The zero-order chi connectivity index (χ0) is 25.2. The Balaban J connectivity index is 2.29. The highest BCUT2D eigenvalue weighted by Crippen LogP contribution is 2.48. The van der Waals surface area contributed by atoms with Crippen LogP contribution in [0.2, 0.25) is 0 Å². The van der Waals surface area contributed by atoms with E-state index in [-0.39, 0.29) is 23.9 Å². The number of carbonyl (C=O) groups is 3. The number of dihydropyridines is 1. The van der Waals surface area contributed by atoms with Gasteiger partial charge in [-0.3, -0.25) is 9.59 Å². The van der Waals surface area contributed by atoms with Gasteiger partial charge in [-0.05, 0) is 43.9 Å². The number of rotatable bonds is 7. The molecule has 1 aliphatic carbocycles. The third-order valence-electron chi connectivity index (χ3n) is 6.26. The van der Waals surface area contributed by atoms with Crippen molar-refractivity contribution < 1.29 is 38.1 Å². The first-order valence-electron chi connectivity index (χ1n) is 11.0. The van der Waals surface area contributed by atoms with Gasteiger partial charge >= 0.3 is 11.9 Å². The van der Waals surface area contributed by atoms with Crippen molar-refractivity contribution in [1.29, 1.82) is 0 Å². The number of hydrogen-bond donors (Lipinski definition) is 1. The molecule has 9 nitrogen and oxygen atoms in total. The van der Waals surface area contributed by atoms with Crippen LogP contribution in [0, 0.1) is 11.8 Å². The first-order valence-corrected chi connectivity index (χ1v) is 11.0. The van der Waals surface area contributed by atoms with Gasteiger partial charge in [-0.1, -0.05) is 6.92 Å². The van der Waals surface area contributed by atoms with Crippen LogP contribution in [0.5, 0.6) is 17.2 Å². The Hall–Kier alpha value is -3.49. The average molecular weight is 474 g/mol. The Kier molecular flexibility index (Phi) is 7.54. The Morgan fingerprint density at radius 1 is 1.06 bits per heavy atom. The lowest BCUT2D eigenvalue weighted by molar-refractivity contribution is -0.151. The highest BCUT2D eigenvalue weighted by atomic mass is 16.5. The fourth-order valence-corrected chi connectivity index (χ4v) is 4.76. The van der Waals surface area contributed by atoms with E-state index in [4.69, 9.17) is 23.7 Å². The molecule has 0 amide bonds. The van der Waals surface area contributed by atoms with Crippen molar-refractivity contribution in [2.24, 2.45) is 11.8 Å². The molecule has 0 unspecified atom stereocenters. The number of ether oxygens (including phenoxy) is 5. The minimum atomic E-state index is -0.975. The molecule has 3 rings (SSSR count). The van der Waals surface area contributed by atoms with Crippen molar-refractivity contribution in [3.05, 3.63) is 40.2 Å². The van der Waals surface area contributed by atoms with Crippen molar-refractivity contribution in [3.63, 3.8) is 0 Å². The van der Waals surface area contributed by atoms with Crippen molar-refractivity contribution >= 4 is 17.7 Å². The first kappa shape index (κ1) is 25.1. The molecule has 0 spiro atoms. The van der Waals surface area contributed by atoms with Crippen molar-refractivity contribution in [2.45, 2.75) is 33.1 Å². The van der Waals surface area contributed by atoms with E-state index in [0.717, 1.165) is 0 Å². The van der Waals surface area contributed by atoms with Gasteiger partial charge in [-0.25, -0.2) is 4.79 Å². The second kappa shape index (κ2) is 10.2. The number of ketones is 1. The zero-order valence-electron chi connectivity index (χ0n) is 20.6. The molecule has 1 aromatic rings. The zero-order valence-corrected chi connectivity index (χ0v) is 20.6. The SMILES string of the molecule is CCOC(=O)C1=C(C)NC2=C(C(=O)[C@H](C(=O)OC)[C@@H](C)C2)[C@H]1c1cc(OC)c(OC)c(OC)c1. The Labute approximate surface area is 199 Å². The maximum atomic E-state index is 13.8. The summed E-state index contributed by atoms with van der Waals surface area (Å²) in [6, 6.07) is 3.40. The fourth-order valence-electron chi connectivity index (χ4n) is 4.76. The number of Topliss-reactive ketones (excluding diaryl/α,β-unsaturated/α-hetero) is 1. The third kappa shape index (κ3) is 4.22. The number of allylic oxidation sites excluding steroid dienone is 3. The molecule has 1 heterocycles. The van der Waals surface area contributed by atoms with Crippen LogP contribution >= 0.6 is 0 Å². The largest absolute Gasteiger partial charge is 0.493 e. The third-order valence-corrected chi connectivity index (χ3v) is 6.26. The van der Waals surface area contributed by atoms with Crippen LogP contribution in [0.3, 0.4) is 0 Å². The fraction of sp³-hybridized carbons (Fsp3) is 0.480. The van der Waals surface area contributed by atoms with Crippen molar-refractivity contribution in [3.8, 4) is 17.2 Å². The minimum Gasteiger partial charge on any atom is -0.493 e. The summed E-state index contributed by atoms with van der Waals surface area (Å²) >= 11 is 0. The molecule has 1 aromatic carbocycles. The van der Waals surface area contributed by atoms with E-state index in [0.29, 0.717) is 46.2 Å². The maximum absolute atomic E-state index is 13.8. The quantitative estimate of drug-likeness (QED) is 0.472. The van der Waals surface area contributed by atoms with E-state index in [1.165, 1.54) is 28.4 Å². The molecule has 34 heavy (non-hydrogen) atoms. The van der Waals surface area contributed by atoms with Crippen LogP contribution in [-0.2, 0) is 23.9 Å². The van der Waals surface area contributed by atoms with Gasteiger partial charge < -0.3 is 29.0 Å². The average Bonchev–Trinajstić information content (AvgIpc) is 2.81. The molecule has 2 aliphatic rings. The Morgan fingerprint density at radius 3 is 2.18 bits per heavy atom. The molecule has 0 fully saturated rings. The van der Waals surface area contributed by atoms with Gasteiger partial charge in [0.2, 0.25) is 5.75 Å². The topological polar surface area (TPSA) is 109 Å². The summed E-state index contributed by atoms with van der Waals surface area (Å²) in [5, 5.41) is 3.22. The molecule has 0 saturated heterocycles. The molecular formula is C25H31NO8. The lowest BCUT2D eigenvalue weighted by Gasteiger charge is -2.38. The maximum Gasteiger partial charge on any atom is 0.336 e. The summed E-state index contributed by atoms with van der Waals surface area (Å²) in [5.41, 5.74) is 2.42. The van der Waals surface area contributed by atoms with E-state index in [2.05, 4.69) is 5.32 Å². The number of nitrogens with one attached hydrogen (secondary N) is 1. The van der Waals surface area contributed by atoms with Crippen LogP contribution in [-0.4, -0.2) is 52.8 Å². The summed E-state index contributed by atoms with van der Waals surface area (Å²) in [6.07, 6.45) is 0.440. The van der Waals surface area contributed by atoms with Gasteiger partial charge in [0.1, 0.15) is 5.92 Å². The van der Waals surface area contributed by atoms with Crippen LogP contribution in [0.4, 0.5) is 0 Å². The monoisotopic (exact) mass is 473 g/mol. The lowest BCUT2D eigenvalue weighted by atomic mass is 9.69. The van der Waals surface area contributed by atoms with Crippen molar-refractivity contribution in [2.75, 3.05) is 35.0 Å². The van der Waals surface area contributed by atoms with Gasteiger partial charge in [-0.15, -0.1) is 0 Å². The summed E-state index contributed by atoms with van der Waals surface area (Å²) < 4.78 is 26.7. The van der Waals surface area contributed by atoms with Gasteiger partial charge in [-0.2, -0.15) is 0 Å². The highest BCUT2D eigenvalue weighted by molar-refractivity contribution is 6.12. The molecule has 0 saturated carbocycles. The molecule has 0 aromatic heterocycles. The normalized spacial score (nSPS) is 22.0. The van der Waals surface area contributed by atoms with Crippen LogP contribution in [0.1, 0.15) is 38.7 Å². The highest BCUT2D eigenvalue weighted by Gasteiger charge is 2.47.